The van der Waals surface area contributed by atoms with Gasteiger partial charge in [0.2, 0.25) is 0 Å². The number of H-pyrrole nitrogens is 1. The fourth-order valence-corrected chi connectivity index (χ4v) is 3.77. The molecule has 0 spiro atoms. The van der Waals surface area contributed by atoms with Crippen molar-refractivity contribution >= 4 is 11.8 Å². The van der Waals surface area contributed by atoms with E-state index in [-0.39, 0.29) is 17.9 Å². The number of fused-ring (bicyclic) bond motifs is 1. The van der Waals surface area contributed by atoms with E-state index in [0.29, 0.717) is 17.0 Å². The Balaban J connectivity index is 1.78. The second kappa shape index (κ2) is 5.09. The molecule has 4 rings (SSSR count). The lowest BCUT2D eigenvalue weighted by atomic mass is 9.94. The molecular formula is C17H17N3O2. The molecule has 2 amide bonds. The number of amides is 2. The SMILES string of the molecule is O=C1c2ccccc2C(=O)N1C(c1ccn[nH]1)C1CCCC1. The smallest absolute Gasteiger partial charge is 0.262 e. The van der Waals surface area contributed by atoms with Gasteiger partial charge in [-0.05, 0) is 37.0 Å². The van der Waals surface area contributed by atoms with E-state index in [2.05, 4.69) is 10.2 Å². The molecule has 22 heavy (non-hydrogen) atoms. The highest BCUT2D eigenvalue weighted by Crippen LogP contribution is 2.42. The molecule has 1 saturated carbocycles. The van der Waals surface area contributed by atoms with Crippen LogP contribution in [0.1, 0.15) is 58.1 Å². The van der Waals surface area contributed by atoms with Crippen LogP contribution in [0.4, 0.5) is 0 Å². The molecule has 5 heteroatoms. The highest BCUT2D eigenvalue weighted by atomic mass is 16.2. The molecule has 5 nitrogen and oxygen atoms in total. The van der Waals surface area contributed by atoms with Gasteiger partial charge < -0.3 is 0 Å². The lowest BCUT2D eigenvalue weighted by molar-refractivity contribution is 0.0519. The van der Waals surface area contributed by atoms with Crippen molar-refractivity contribution < 1.29 is 9.59 Å². The van der Waals surface area contributed by atoms with E-state index in [1.54, 1.807) is 30.5 Å². The van der Waals surface area contributed by atoms with Gasteiger partial charge in [0, 0.05) is 6.20 Å². The molecule has 1 atom stereocenters. The minimum Gasteiger partial charge on any atom is -0.280 e. The van der Waals surface area contributed by atoms with Crippen LogP contribution in [-0.2, 0) is 0 Å². The number of carbonyl (C=O) groups is 2. The van der Waals surface area contributed by atoms with Crippen LogP contribution in [0, 0.1) is 5.92 Å². The summed E-state index contributed by atoms with van der Waals surface area (Å²) in [7, 11) is 0. The van der Waals surface area contributed by atoms with Crippen molar-refractivity contribution in [2.45, 2.75) is 31.7 Å². The van der Waals surface area contributed by atoms with E-state index < -0.39 is 0 Å². The van der Waals surface area contributed by atoms with Crippen molar-refractivity contribution in [2.24, 2.45) is 5.92 Å². The Bertz CT molecular complexity index is 682. The largest absolute Gasteiger partial charge is 0.280 e. The summed E-state index contributed by atoms with van der Waals surface area (Å²) in [4.78, 5) is 27.0. The zero-order valence-corrected chi connectivity index (χ0v) is 12.2. The summed E-state index contributed by atoms with van der Waals surface area (Å²) >= 11 is 0. The maximum absolute atomic E-state index is 12.8. The third-order valence-electron chi connectivity index (χ3n) is 4.79. The Morgan fingerprint density at radius 3 is 2.23 bits per heavy atom. The summed E-state index contributed by atoms with van der Waals surface area (Å²) in [5.74, 6) is -0.0677. The van der Waals surface area contributed by atoms with Crippen molar-refractivity contribution in [3.63, 3.8) is 0 Å². The predicted molar refractivity (Wildman–Crippen MR) is 80.2 cm³/mol. The van der Waals surface area contributed by atoms with E-state index in [4.69, 9.17) is 0 Å². The first-order valence-electron chi connectivity index (χ1n) is 7.73. The van der Waals surface area contributed by atoms with E-state index in [1.165, 1.54) is 4.90 Å². The summed E-state index contributed by atoms with van der Waals surface area (Å²) in [6, 6.07) is 8.69. The number of hydrogen-bond donors (Lipinski definition) is 1. The van der Waals surface area contributed by atoms with Crippen LogP contribution in [0.5, 0.6) is 0 Å². The van der Waals surface area contributed by atoms with Crippen molar-refractivity contribution in [2.75, 3.05) is 0 Å². The average molecular weight is 295 g/mol. The first kappa shape index (κ1) is 13.2. The molecule has 112 valence electrons. The number of nitrogens with zero attached hydrogens (tertiary/aromatic N) is 2. The Kier molecular flexibility index (Phi) is 3.06. The predicted octanol–water partition coefficient (Wildman–Crippen LogP) is 2.94. The van der Waals surface area contributed by atoms with Crippen molar-refractivity contribution in [3.8, 4) is 0 Å². The fourth-order valence-electron chi connectivity index (χ4n) is 3.77. The van der Waals surface area contributed by atoms with Crippen LogP contribution in [-0.4, -0.2) is 26.9 Å². The lowest BCUT2D eigenvalue weighted by Crippen LogP contribution is -2.37. The minimum atomic E-state index is -0.239. The van der Waals surface area contributed by atoms with Gasteiger partial charge in [-0.1, -0.05) is 25.0 Å². The molecule has 1 aromatic carbocycles. The average Bonchev–Trinajstić information content (AvgIpc) is 3.27. The lowest BCUT2D eigenvalue weighted by Gasteiger charge is -2.30. The van der Waals surface area contributed by atoms with Crippen molar-refractivity contribution in [3.05, 3.63) is 53.3 Å². The number of carbonyl (C=O) groups excluding carboxylic acids is 2. The van der Waals surface area contributed by atoms with Gasteiger partial charge in [0.05, 0.1) is 22.9 Å². The van der Waals surface area contributed by atoms with Crippen LogP contribution in [0.3, 0.4) is 0 Å². The van der Waals surface area contributed by atoms with Crippen molar-refractivity contribution in [1.29, 1.82) is 0 Å². The molecule has 1 fully saturated rings. The molecule has 1 aromatic heterocycles. The van der Waals surface area contributed by atoms with E-state index in [9.17, 15) is 9.59 Å². The monoisotopic (exact) mass is 295 g/mol. The van der Waals surface area contributed by atoms with Crippen LogP contribution in [0.2, 0.25) is 0 Å². The maximum Gasteiger partial charge on any atom is 0.262 e. The van der Waals surface area contributed by atoms with Crippen LogP contribution in [0.25, 0.3) is 0 Å². The molecule has 1 aliphatic heterocycles. The van der Waals surface area contributed by atoms with Crippen LogP contribution >= 0.6 is 0 Å². The summed E-state index contributed by atoms with van der Waals surface area (Å²) in [6.45, 7) is 0. The van der Waals surface area contributed by atoms with E-state index in [1.807, 2.05) is 6.07 Å². The molecule has 2 aromatic rings. The molecule has 1 N–H and O–H groups in total. The summed E-state index contributed by atoms with van der Waals surface area (Å²) in [5.41, 5.74) is 1.87. The van der Waals surface area contributed by atoms with Gasteiger partial charge in [0.15, 0.2) is 0 Å². The van der Waals surface area contributed by atoms with Gasteiger partial charge in [-0.25, -0.2) is 0 Å². The number of imide groups is 1. The van der Waals surface area contributed by atoms with Gasteiger partial charge in [0.1, 0.15) is 0 Å². The number of nitrogens with one attached hydrogen (secondary N) is 1. The van der Waals surface area contributed by atoms with Gasteiger partial charge in [0.25, 0.3) is 11.8 Å². The molecule has 0 saturated heterocycles. The number of hydrogen-bond acceptors (Lipinski definition) is 3. The summed E-state index contributed by atoms with van der Waals surface area (Å²) in [6.07, 6.45) is 6.06. The molecule has 1 aliphatic carbocycles. The zero-order chi connectivity index (χ0) is 15.1. The zero-order valence-electron chi connectivity index (χ0n) is 12.2. The first-order valence-corrected chi connectivity index (χ1v) is 7.73. The molecule has 0 radical (unpaired) electrons. The van der Waals surface area contributed by atoms with Gasteiger partial charge in [-0.15, -0.1) is 0 Å². The van der Waals surface area contributed by atoms with Crippen molar-refractivity contribution in [1.82, 2.24) is 15.1 Å². The quantitative estimate of drug-likeness (QED) is 0.885. The second-order valence-electron chi connectivity index (χ2n) is 6.03. The molecule has 2 aliphatic rings. The van der Waals surface area contributed by atoms with E-state index in [0.717, 1.165) is 31.4 Å². The van der Waals surface area contributed by atoms with Crippen LogP contribution in [0.15, 0.2) is 36.5 Å². The van der Waals surface area contributed by atoms with Gasteiger partial charge in [-0.3, -0.25) is 19.6 Å². The topological polar surface area (TPSA) is 66.1 Å². The first-order chi connectivity index (χ1) is 10.8. The van der Waals surface area contributed by atoms with Gasteiger partial charge >= 0.3 is 0 Å². The third-order valence-corrected chi connectivity index (χ3v) is 4.79. The molecule has 2 heterocycles. The minimum absolute atomic E-state index is 0.188. The number of benzene rings is 1. The molecule has 0 bridgehead atoms. The summed E-state index contributed by atoms with van der Waals surface area (Å²) < 4.78 is 0. The fraction of sp³-hybridized carbons (Fsp3) is 0.353. The third kappa shape index (κ3) is 1.89. The molecule has 1 unspecified atom stereocenters. The summed E-state index contributed by atoms with van der Waals surface area (Å²) in [5, 5.41) is 6.97. The Labute approximate surface area is 128 Å². The number of aromatic amines is 1. The molecular weight excluding hydrogens is 278 g/mol. The number of rotatable bonds is 3. The number of aromatic nitrogens is 2. The highest BCUT2D eigenvalue weighted by molar-refractivity contribution is 6.21. The maximum atomic E-state index is 12.8. The standard InChI is InChI=1S/C17H17N3O2/c21-16-12-7-3-4-8-13(12)17(22)20(16)15(11-5-1-2-6-11)14-9-10-18-19-14/h3-4,7-11,15H,1-2,5-6H2,(H,18,19). The van der Waals surface area contributed by atoms with Crippen LogP contribution < -0.4 is 0 Å². The van der Waals surface area contributed by atoms with Gasteiger partial charge in [-0.2, -0.15) is 5.10 Å². The van der Waals surface area contributed by atoms with E-state index >= 15 is 0 Å². The Morgan fingerprint density at radius 1 is 1.05 bits per heavy atom. The Morgan fingerprint density at radius 2 is 1.68 bits per heavy atom. The normalized spacial score (nSPS) is 19.7. The highest BCUT2D eigenvalue weighted by Gasteiger charge is 2.44. The Hall–Kier alpha value is -2.43. The second-order valence-corrected chi connectivity index (χ2v) is 6.03.